The first-order valence-electron chi connectivity index (χ1n) is 23.2. The van der Waals surface area contributed by atoms with Crippen molar-refractivity contribution in [3.63, 3.8) is 0 Å². The Balaban J connectivity index is 0.899. The van der Waals surface area contributed by atoms with Crippen LogP contribution in [0.25, 0.3) is 67.3 Å². The lowest BCUT2D eigenvalue weighted by atomic mass is 9.67. The van der Waals surface area contributed by atoms with Gasteiger partial charge in [0.15, 0.2) is 17.5 Å². The molecule has 0 aliphatic heterocycles. The molecule has 1 saturated carbocycles. The lowest BCUT2D eigenvalue weighted by molar-refractivity contribution is 0.353. The highest BCUT2D eigenvalue weighted by molar-refractivity contribution is 5.95. The maximum absolute atomic E-state index is 5.15. The van der Waals surface area contributed by atoms with Crippen molar-refractivity contribution in [2.45, 2.75) is 82.5 Å². The van der Waals surface area contributed by atoms with E-state index in [0.717, 1.165) is 48.2 Å². The molecular weight excluding hydrogens is 763 g/mol. The standard InChI is InChI=1S/C60H51N3/c1-59(2)51-24-11-10-22-48(51)49-37-54-50(38-53(49)59)55-47(23-15-25-52(55)60(54)34-12-5-13-35-60)42-30-26-41(27-31-42)45-20-14-21-46(36-45)58-62-56(43-18-8-4-9-19-43)61-57(63-58)44-32-28-40(29-33-44)39-16-6-3-7-17-39/h3-4,6-11,15-19,21-26,28-30,32-33,36-38H,5,12-14,20,27,31,34-35H2,1-2H3. The van der Waals surface area contributed by atoms with Crippen LogP contribution in [0.2, 0.25) is 0 Å². The van der Waals surface area contributed by atoms with Crippen molar-refractivity contribution in [2.75, 3.05) is 0 Å². The summed E-state index contributed by atoms with van der Waals surface area (Å²) >= 11 is 0. The number of allylic oxidation sites excluding steroid dienone is 8. The van der Waals surface area contributed by atoms with Gasteiger partial charge in [-0.05, 0) is 135 Å². The summed E-state index contributed by atoms with van der Waals surface area (Å²) in [7, 11) is 0. The van der Waals surface area contributed by atoms with Crippen molar-refractivity contribution >= 4 is 11.1 Å². The number of benzene rings is 6. The predicted molar refractivity (Wildman–Crippen MR) is 260 cm³/mol. The van der Waals surface area contributed by atoms with Crippen LogP contribution in [-0.4, -0.2) is 15.0 Å². The Morgan fingerprint density at radius 1 is 0.429 bits per heavy atom. The second kappa shape index (κ2) is 15.0. The summed E-state index contributed by atoms with van der Waals surface area (Å²) in [5.74, 6) is 2.11. The molecule has 3 heteroatoms. The molecular formula is C60H51N3. The minimum atomic E-state index is -0.0265. The average molecular weight is 814 g/mol. The van der Waals surface area contributed by atoms with Crippen LogP contribution >= 0.6 is 0 Å². The minimum absolute atomic E-state index is 0.0265. The molecule has 5 aliphatic rings. The van der Waals surface area contributed by atoms with Gasteiger partial charge in [-0.2, -0.15) is 0 Å². The Morgan fingerprint density at radius 3 is 1.76 bits per heavy atom. The van der Waals surface area contributed by atoms with Crippen LogP contribution in [0.5, 0.6) is 0 Å². The van der Waals surface area contributed by atoms with Gasteiger partial charge in [0.2, 0.25) is 0 Å². The zero-order valence-corrected chi connectivity index (χ0v) is 36.3. The molecule has 12 rings (SSSR count). The maximum atomic E-state index is 5.15. The number of hydrogen-bond donors (Lipinski definition) is 0. The zero-order chi connectivity index (χ0) is 42.1. The van der Waals surface area contributed by atoms with Gasteiger partial charge in [-0.15, -0.1) is 0 Å². The van der Waals surface area contributed by atoms with Gasteiger partial charge < -0.3 is 0 Å². The Hall–Kier alpha value is -6.71. The van der Waals surface area contributed by atoms with Gasteiger partial charge in [0.05, 0.1) is 0 Å². The first kappa shape index (κ1) is 38.0. The molecule has 1 aromatic heterocycles. The summed E-state index contributed by atoms with van der Waals surface area (Å²) in [4.78, 5) is 15.3. The third kappa shape index (κ3) is 6.27. The van der Waals surface area contributed by atoms with Crippen LogP contribution in [-0.2, 0) is 10.8 Å². The lowest BCUT2D eigenvalue weighted by Crippen LogP contribution is -2.28. The van der Waals surface area contributed by atoms with Crippen LogP contribution in [0.4, 0.5) is 0 Å². The van der Waals surface area contributed by atoms with E-state index in [1.54, 1.807) is 11.1 Å². The van der Waals surface area contributed by atoms with Crippen molar-refractivity contribution in [1.29, 1.82) is 0 Å². The second-order valence-corrected chi connectivity index (χ2v) is 18.9. The van der Waals surface area contributed by atoms with Crippen LogP contribution in [0.3, 0.4) is 0 Å². The van der Waals surface area contributed by atoms with E-state index in [1.165, 1.54) is 98.9 Å². The second-order valence-electron chi connectivity index (χ2n) is 18.9. The Kier molecular flexibility index (Phi) is 9.04. The van der Waals surface area contributed by atoms with Crippen LogP contribution in [0.1, 0.15) is 105 Å². The third-order valence-corrected chi connectivity index (χ3v) is 15.0. The molecule has 306 valence electrons. The SMILES string of the molecule is CC1(C)c2ccccc2-c2cc3c(cc21)-c1c(C2=CC=C(C4=CC(c5nc(-c6ccccc6)nc(-c6ccc(-c7ccccc7)cc6)n5)=CCC4)CC2)cccc1C31CCCCC1. The van der Waals surface area contributed by atoms with Crippen LogP contribution in [0.15, 0.2) is 175 Å². The highest BCUT2D eigenvalue weighted by Crippen LogP contribution is 2.61. The van der Waals surface area contributed by atoms with Gasteiger partial charge in [0.1, 0.15) is 0 Å². The topological polar surface area (TPSA) is 38.7 Å². The quantitative estimate of drug-likeness (QED) is 0.168. The van der Waals surface area contributed by atoms with Crippen molar-refractivity contribution < 1.29 is 0 Å². The van der Waals surface area contributed by atoms with Gasteiger partial charge in [-0.25, -0.2) is 15.0 Å². The van der Waals surface area contributed by atoms with Gasteiger partial charge in [0, 0.05) is 27.5 Å². The van der Waals surface area contributed by atoms with E-state index in [1.807, 2.05) is 18.2 Å². The van der Waals surface area contributed by atoms with Crippen molar-refractivity contribution in [3.8, 4) is 56.2 Å². The molecule has 0 N–H and O–H groups in total. The fourth-order valence-corrected chi connectivity index (χ4v) is 11.7. The monoisotopic (exact) mass is 813 g/mol. The normalized spacial score (nSPS) is 17.7. The summed E-state index contributed by atoms with van der Waals surface area (Å²) in [6.07, 6.45) is 19.9. The van der Waals surface area contributed by atoms with Crippen molar-refractivity contribution in [1.82, 2.24) is 15.0 Å². The van der Waals surface area contributed by atoms with E-state index >= 15 is 0 Å². The van der Waals surface area contributed by atoms with E-state index in [4.69, 9.17) is 15.0 Å². The molecule has 7 aromatic rings. The fraction of sp³-hybridized carbons (Fsp3) is 0.217. The molecule has 5 aliphatic carbocycles. The van der Waals surface area contributed by atoms with E-state index in [9.17, 15) is 0 Å². The number of rotatable bonds is 6. The highest BCUT2D eigenvalue weighted by atomic mass is 15.0. The molecule has 6 aromatic carbocycles. The molecule has 0 amide bonds. The Bertz CT molecular complexity index is 3080. The van der Waals surface area contributed by atoms with E-state index in [2.05, 4.69) is 159 Å². The molecule has 0 atom stereocenters. The van der Waals surface area contributed by atoms with Crippen LogP contribution < -0.4 is 0 Å². The molecule has 1 heterocycles. The lowest BCUT2D eigenvalue weighted by Gasteiger charge is -2.36. The van der Waals surface area contributed by atoms with Gasteiger partial charge in [-0.1, -0.05) is 179 Å². The minimum Gasteiger partial charge on any atom is -0.208 e. The van der Waals surface area contributed by atoms with Crippen molar-refractivity contribution in [3.05, 3.63) is 209 Å². The number of aromatic nitrogens is 3. The molecule has 1 spiro atoms. The van der Waals surface area contributed by atoms with E-state index in [0.29, 0.717) is 11.6 Å². The third-order valence-electron chi connectivity index (χ3n) is 15.0. The average Bonchev–Trinajstić information content (AvgIpc) is 3.74. The first-order valence-corrected chi connectivity index (χ1v) is 23.2. The van der Waals surface area contributed by atoms with Crippen molar-refractivity contribution in [2.24, 2.45) is 0 Å². The zero-order valence-electron chi connectivity index (χ0n) is 36.3. The Morgan fingerprint density at radius 2 is 1.02 bits per heavy atom. The molecule has 1 fully saturated rings. The summed E-state index contributed by atoms with van der Waals surface area (Å²) in [5, 5.41) is 0. The molecule has 0 unspecified atom stereocenters. The van der Waals surface area contributed by atoms with E-state index < -0.39 is 0 Å². The summed E-state index contributed by atoms with van der Waals surface area (Å²) < 4.78 is 0. The Labute approximate surface area is 371 Å². The molecule has 0 saturated heterocycles. The molecule has 3 nitrogen and oxygen atoms in total. The van der Waals surface area contributed by atoms with Crippen LogP contribution in [0, 0.1) is 0 Å². The number of hydrogen-bond acceptors (Lipinski definition) is 3. The van der Waals surface area contributed by atoms with Gasteiger partial charge in [-0.3, -0.25) is 0 Å². The summed E-state index contributed by atoms with van der Waals surface area (Å²) in [6, 6.07) is 51.0. The number of fused-ring (bicyclic) bond motifs is 8. The maximum Gasteiger partial charge on any atom is 0.164 e. The molecule has 0 bridgehead atoms. The van der Waals surface area contributed by atoms with Gasteiger partial charge in [0.25, 0.3) is 0 Å². The first-order chi connectivity index (χ1) is 30.9. The largest absolute Gasteiger partial charge is 0.208 e. The fourth-order valence-electron chi connectivity index (χ4n) is 11.7. The summed E-state index contributed by atoms with van der Waals surface area (Å²) in [5.41, 5.74) is 23.1. The van der Waals surface area contributed by atoms with Gasteiger partial charge >= 0.3 is 0 Å². The number of nitrogens with zero attached hydrogens (tertiary/aromatic N) is 3. The highest BCUT2D eigenvalue weighted by Gasteiger charge is 2.47. The predicted octanol–water partition coefficient (Wildman–Crippen LogP) is 15.3. The smallest absolute Gasteiger partial charge is 0.164 e. The summed E-state index contributed by atoms with van der Waals surface area (Å²) in [6.45, 7) is 4.84. The molecule has 0 radical (unpaired) electrons. The van der Waals surface area contributed by atoms with E-state index in [-0.39, 0.29) is 10.8 Å². The molecule has 63 heavy (non-hydrogen) atoms.